The van der Waals surface area contributed by atoms with Gasteiger partial charge in [-0.15, -0.1) is 0 Å². The largest absolute Gasteiger partial charge is 0.342 e. The van der Waals surface area contributed by atoms with E-state index >= 15 is 0 Å². The van der Waals surface area contributed by atoms with E-state index in [9.17, 15) is 18.8 Å². The standard InChI is InChI=1S/C29H24FN3O3S/c1-18-7-12-24(19(2)13-18)31-27(34)17-33-28(35)26(37-29(33)36)14-21-16-32(25-6-4-3-5-23(21)25)15-20-8-10-22(30)11-9-20/h3-14,16H,15,17H2,1-2H3,(H,31,34)/b26-14-. The first-order valence-corrected chi connectivity index (χ1v) is 12.5. The van der Waals surface area contributed by atoms with Gasteiger partial charge in [0.1, 0.15) is 12.4 Å². The molecule has 5 rings (SSSR count). The molecule has 1 aliphatic heterocycles. The van der Waals surface area contributed by atoms with Crippen molar-refractivity contribution < 1.29 is 18.8 Å². The molecule has 0 unspecified atom stereocenters. The highest BCUT2D eigenvalue weighted by Gasteiger charge is 2.36. The summed E-state index contributed by atoms with van der Waals surface area (Å²) >= 11 is 0.821. The number of aryl methyl sites for hydroxylation is 2. The summed E-state index contributed by atoms with van der Waals surface area (Å²) in [4.78, 5) is 39.6. The molecule has 0 atom stereocenters. The summed E-state index contributed by atoms with van der Waals surface area (Å²) in [6, 6.07) is 19.7. The summed E-state index contributed by atoms with van der Waals surface area (Å²) in [5.41, 5.74) is 5.29. The lowest BCUT2D eigenvalue weighted by Gasteiger charge is -2.13. The van der Waals surface area contributed by atoms with E-state index in [1.807, 2.05) is 61.0 Å². The van der Waals surface area contributed by atoms with Gasteiger partial charge in [-0.05, 0) is 67.1 Å². The van der Waals surface area contributed by atoms with E-state index in [-0.39, 0.29) is 17.3 Å². The average Bonchev–Trinajstić information content (AvgIpc) is 3.34. The van der Waals surface area contributed by atoms with E-state index in [1.165, 1.54) is 12.1 Å². The lowest BCUT2D eigenvalue weighted by atomic mass is 10.1. The van der Waals surface area contributed by atoms with Crippen LogP contribution >= 0.6 is 11.8 Å². The fourth-order valence-corrected chi connectivity index (χ4v) is 5.20. The minimum atomic E-state index is -0.499. The van der Waals surface area contributed by atoms with Crippen LogP contribution in [0.1, 0.15) is 22.3 Å². The van der Waals surface area contributed by atoms with Gasteiger partial charge in [0.15, 0.2) is 0 Å². The molecule has 6 nitrogen and oxygen atoms in total. The maximum absolute atomic E-state index is 13.3. The molecule has 37 heavy (non-hydrogen) atoms. The zero-order valence-corrected chi connectivity index (χ0v) is 21.1. The lowest BCUT2D eigenvalue weighted by molar-refractivity contribution is -0.127. The molecule has 4 aromatic rings. The van der Waals surface area contributed by atoms with Gasteiger partial charge in [-0.25, -0.2) is 4.39 Å². The normalized spacial score (nSPS) is 14.7. The summed E-state index contributed by atoms with van der Waals surface area (Å²) in [6.45, 7) is 4.01. The monoisotopic (exact) mass is 513 g/mol. The molecule has 0 spiro atoms. The number of fused-ring (bicyclic) bond motifs is 1. The number of hydrogen-bond acceptors (Lipinski definition) is 4. The second-order valence-electron chi connectivity index (χ2n) is 8.99. The molecule has 0 radical (unpaired) electrons. The highest BCUT2D eigenvalue weighted by atomic mass is 32.2. The molecule has 8 heteroatoms. The lowest BCUT2D eigenvalue weighted by Crippen LogP contribution is -2.36. The van der Waals surface area contributed by atoms with Crippen LogP contribution in [0.2, 0.25) is 0 Å². The Morgan fingerprint density at radius 3 is 2.54 bits per heavy atom. The number of benzene rings is 3. The van der Waals surface area contributed by atoms with Crippen LogP contribution in [0.15, 0.2) is 77.8 Å². The molecule has 1 aromatic heterocycles. The van der Waals surface area contributed by atoms with E-state index in [0.717, 1.165) is 49.8 Å². The molecule has 3 amide bonds. The molecular formula is C29H24FN3O3S. The van der Waals surface area contributed by atoms with Gasteiger partial charge in [0.25, 0.3) is 11.1 Å². The molecule has 1 saturated heterocycles. The smallest absolute Gasteiger partial charge is 0.294 e. The van der Waals surface area contributed by atoms with Crippen LogP contribution in [0.3, 0.4) is 0 Å². The van der Waals surface area contributed by atoms with Crippen molar-refractivity contribution in [3.63, 3.8) is 0 Å². The van der Waals surface area contributed by atoms with Gasteiger partial charge in [0.2, 0.25) is 5.91 Å². The Balaban J connectivity index is 1.36. The third kappa shape index (κ3) is 5.20. The number of carbonyl (C=O) groups is 3. The third-order valence-corrected chi connectivity index (χ3v) is 7.11. The molecule has 2 heterocycles. The van der Waals surface area contributed by atoms with Gasteiger partial charge in [-0.2, -0.15) is 0 Å². The van der Waals surface area contributed by atoms with Crippen molar-refractivity contribution in [1.29, 1.82) is 0 Å². The number of carbonyl (C=O) groups excluding carboxylic acids is 3. The maximum Gasteiger partial charge on any atom is 0.294 e. The van der Waals surface area contributed by atoms with Gasteiger partial charge < -0.3 is 9.88 Å². The number of rotatable bonds is 6. The minimum absolute atomic E-state index is 0.258. The van der Waals surface area contributed by atoms with E-state index in [0.29, 0.717) is 12.2 Å². The zero-order chi connectivity index (χ0) is 26.1. The highest BCUT2D eigenvalue weighted by molar-refractivity contribution is 8.18. The summed E-state index contributed by atoms with van der Waals surface area (Å²) in [5.74, 6) is -1.23. The number of nitrogens with zero attached hydrogens (tertiary/aromatic N) is 2. The van der Waals surface area contributed by atoms with Crippen LogP contribution < -0.4 is 5.32 Å². The number of para-hydroxylation sites is 1. The number of imide groups is 1. The van der Waals surface area contributed by atoms with Crippen molar-refractivity contribution in [1.82, 2.24) is 9.47 Å². The predicted molar refractivity (Wildman–Crippen MR) is 145 cm³/mol. The summed E-state index contributed by atoms with van der Waals surface area (Å²) in [6.07, 6.45) is 3.60. The van der Waals surface area contributed by atoms with Crippen molar-refractivity contribution in [2.45, 2.75) is 20.4 Å². The maximum atomic E-state index is 13.3. The number of halogens is 1. The Morgan fingerprint density at radius 1 is 1.03 bits per heavy atom. The number of anilines is 1. The second kappa shape index (κ2) is 10.1. The molecule has 3 aromatic carbocycles. The third-order valence-electron chi connectivity index (χ3n) is 6.20. The molecule has 0 bridgehead atoms. The first-order chi connectivity index (χ1) is 17.8. The van der Waals surface area contributed by atoms with Gasteiger partial charge in [-0.1, -0.05) is 48.0 Å². The van der Waals surface area contributed by atoms with Crippen molar-refractivity contribution in [2.75, 3.05) is 11.9 Å². The Hall–Kier alpha value is -4.17. The number of aromatic nitrogens is 1. The second-order valence-corrected chi connectivity index (χ2v) is 9.98. The number of amides is 3. The van der Waals surface area contributed by atoms with E-state index in [4.69, 9.17) is 0 Å². The summed E-state index contributed by atoms with van der Waals surface area (Å²) in [5, 5.41) is 3.22. The van der Waals surface area contributed by atoms with E-state index < -0.39 is 17.1 Å². The molecular weight excluding hydrogens is 489 g/mol. The first kappa shape index (κ1) is 24.5. The molecule has 1 aliphatic rings. The van der Waals surface area contributed by atoms with Gasteiger partial charge in [0, 0.05) is 34.9 Å². The predicted octanol–water partition coefficient (Wildman–Crippen LogP) is 6.12. The van der Waals surface area contributed by atoms with Gasteiger partial charge in [-0.3, -0.25) is 19.3 Å². The van der Waals surface area contributed by atoms with Crippen LogP contribution in [-0.2, 0) is 16.1 Å². The Kier molecular flexibility index (Phi) is 6.67. The van der Waals surface area contributed by atoms with E-state index in [2.05, 4.69) is 5.32 Å². The fraction of sp³-hybridized carbons (Fsp3) is 0.138. The van der Waals surface area contributed by atoms with Crippen LogP contribution in [0.4, 0.5) is 14.9 Å². The topological polar surface area (TPSA) is 71.4 Å². The molecule has 1 fully saturated rings. The zero-order valence-electron chi connectivity index (χ0n) is 20.3. The van der Waals surface area contributed by atoms with Crippen molar-refractivity contribution >= 4 is 51.5 Å². The molecule has 186 valence electrons. The van der Waals surface area contributed by atoms with Crippen molar-refractivity contribution in [3.05, 3.63) is 106 Å². The molecule has 0 saturated carbocycles. The minimum Gasteiger partial charge on any atom is -0.342 e. The summed E-state index contributed by atoms with van der Waals surface area (Å²) in [7, 11) is 0. The number of thioether (sulfide) groups is 1. The Bertz CT molecular complexity index is 1570. The van der Waals surface area contributed by atoms with Crippen molar-refractivity contribution in [2.24, 2.45) is 0 Å². The molecule has 1 N–H and O–H groups in total. The molecule has 0 aliphatic carbocycles. The van der Waals surface area contributed by atoms with Crippen molar-refractivity contribution in [3.8, 4) is 0 Å². The Labute approximate surface area is 217 Å². The summed E-state index contributed by atoms with van der Waals surface area (Å²) < 4.78 is 15.3. The van der Waals surface area contributed by atoms with Gasteiger partial charge >= 0.3 is 0 Å². The number of nitrogens with one attached hydrogen (secondary N) is 1. The van der Waals surface area contributed by atoms with E-state index in [1.54, 1.807) is 24.3 Å². The number of hydrogen-bond donors (Lipinski definition) is 1. The van der Waals surface area contributed by atoms with Crippen LogP contribution in [0.5, 0.6) is 0 Å². The average molecular weight is 514 g/mol. The van der Waals surface area contributed by atoms with Gasteiger partial charge in [0.05, 0.1) is 4.91 Å². The quantitative estimate of drug-likeness (QED) is 0.315. The highest BCUT2D eigenvalue weighted by Crippen LogP contribution is 2.34. The first-order valence-electron chi connectivity index (χ1n) is 11.7. The van der Waals surface area contributed by atoms with Crippen LogP contribution in [0.25, 0.3) is 17.0 Å². The fourth-order valence-electron chi connectivity index (χ4n) is 4.37. The Morgan fingerprint density at radius 2 is 1.78 bits per heavy atom. The SMILES string of the molecule is Cc1ccc(NC(=O)CN2C(=O)S/C(=C\c3cn(Cc4ccc(F)cc4)c4ccccc34)C2=O)c(C)c1. The van der Waals surface area contributed by atoms with Crippen LogP contribution in [0, 0.1) is 19.7 Å². The van der Waals surface area contributed by atoms with Crippen LogP contribution in [-0.4, -0.2) is 33.1 Å².